The minimum atomic E-state index is -0.473. The smallest absolute Gasteiger partial charge is 0.254 e. The van der Waals surface area contributed by atoms with Gasteiger partial charge in [-0.1, -0.05) is 6.07 Å². The van der Waals surface area contributed by atoms with E-state index >= 15 is 0 Å². The Morgan fingerprint density at radius 1 is 1.43 bits per heavy atom. The van der Waals surface area contributed by atoms with Gasteiger partial charge in [0.1, 0.15) is 11.6 Å². The summed E-state index contributed by atoms with van der Waals surface area (Å²) >= 11 is 0. The maximum absolute atomic E-state index is 13.8. The largest absolute Gasteiger partial charge is 0.365 e. The normalized spacial score (nSPS) is 9.76. The number of hydrogen-bond donors (Lipinski definition) is 2. The molecular formula is C15H13FN4O. The van der Waals surface area contributed by atoms with E-state index in [1.165, 1.54) is 25.2 Å². The Bertz CT molecular complexity index is 709. The van der Waals surface area contributed by atoms with Gasteiger partial charge < -0.3 is 10.6 Å². The topological polar surface area (TPSA) is 77.8 Å². The number of benzene rings is 1. The molecule has 1 amide bonds. The van der Waals surface area contributed by atoms with Gasteiger partial charge >= 0.3 is 0 Å². The first-order chi connectivity index (χ1) is 10.2. The van der Waals surface area contributed by atoms with Crippen molar-refractivity contribution in [1.82, 2.24) is 10.3 Å². The van der Waals surface area contributed by atoms with Gasteiger partial charge in [0.15, 0.2) is 0 Å². The van der Waals surface area contributed by atoms with E-state index in [0.717, 1.165) is 0 Å². The molecule has 106 valence electrons. The molecule has 0 atom stereocenters. The van der Waals surface area contributed by atoms with Crippen molar-refractivity contribution in [1.29, 1.82) is 5.26 Å². The number of pyridine rings is 1. The fourth-order valence-corrected chi connectivity index (χ4v) is 1.80. The van der Waals surface area contributed by atoms with Crippen molar-refractivity contribution in [2.45, 2.75) is 6.54 Å². The summed E-state index contributed by atoms with van der Waals surface area (Å²) < 4.78 is 13.8. The number of nitriles is 1. The zero-order valence-electron chi connectivity index (χ0n) is 11.4. The molecule has 0 saturated carbocycles. The summed E-state index contributed by atoms with van der Waals surface area (Å²) in [6, 6.07) is 9.40. The molecule has 5 nitrogen and oxygen atoms in total. The molecule has 1 aromatic carbocycles. The highest BCUT2D eigenvalue weighted by atomic mass is 19.1. The van der Waals surface area contributed by atoms with E-state index in [0.29, 0.717) is 16.9 Å². The summed E-state index contributed by atoms with van der Waals surface area (Å²) in [6.07, 6.45) is 1.55. The predicted molar refractivity (Wildman–Crippen MR) is 76.1 cm³/mol. The Labute approximate surface area is 121 Å². The maximum atomic E-state index is 13.8. The summed E-state index contributed by atoms with van der Waals surface area (Å²) in [5.74, 6) is -0.370. The summed E-state index contributed by atoms with van der Waals surface area (Å²) in [6.45, 7) is 0.165. The molecule has 0 spiro atoms. The van der Waals surface area contributed by atoms with Crippen molar-refractivity contribution in [3.05, 3.63) is 59.0 Å². The van der Waals surface area contributed by atoms with E-state index in [-0.39, 0.29) is 18.0 Å². The number of aromatic nitrogens is 1. The van der Waals surface area contributed by atoms with Crippen molar-refractivity contribution >= 4 is 11.7 Å². The van der Waals surface area contributed by atoms with Gasteiger partial charge in [-0.25, -0.2) is 9.37 Å². The number of nitrogens with one attached hydrogen (secondary N) is 2. The van der Waals surface area contributed by atoms with E-state index in [4.69, 9.17) is 5.26 Å². The first-order valence-corrected chi connectivity index (χ1v) is 6.25. The summed E-state index contributed by atoms with van der Waals surface area (Å²) in [5.41, 5.74) is 1.04. The fourth-order valence-electron chi connectivity index (χ4n) is 1.80. The van der Waals surface area contributed by atoms with Crippen molar-refractivity contribution in [2.75, 3.05) is 12.4 Å². The van der Waals surface area contributed by atoms with Crippen LogP contribution < -0.4 is 10.6 Å². The Balaban J connectivity index is 2.17. The van der Waals surface area contributed by atoms with E-state index in [2.05, 4.69) is 15.6 Å². The number of amides is 1. The lowest BCUT2D eigenvalue weighted by Gasteiger charge is -2.10. The third-order valence-electron chi connectivity index (χ3n) is 2.91. The third-order valence-corrected chi connectivity index (χ3v) is 2.91. The molecule has 0 bridgehead atoms. The number of nitrogens with zero attached hydrogens (tertiary/aromatic N) is 2. The van der Waals surface area contributed by atoms with Crippen LogP contribution in [-0.4, -0.2) is 17.9 Å². The highest BCUT2D eigenvalue weighted by Crippen LogP contribution is 2.15. The SMILES string of the molecule is CNC(=O)c1cccnc1NCc1ccc(C#N)cc1F. The van der Waals surface area contributed by atoms with E-state index in [9.17, 15) is 9.18 Å². The second kappa shape index (κ2) is 6.48. The first kappa shape index (κ1) is 14.5. The molecule has 2 aromatic rings. The van der Waals surface area contributed by atoms with Crippen molar-refractivity contribution < 1.29 is 9.18 Å². The average Bonchev–Trinajstić information content (AvgIpc) is 2.53. The van der Waals surface area contributed by atoms with Crippen LogP contribution in [0.2, 0.25) is 0 Å². The van der Waals surface area contributed by atoms with Crippen LogP contribution in [0.3, 0.4) is 0 Å². The van der Waals surface area contributed by atoms with E-state index in [1.54, 1.807) is 18.3 Å². The van der Waals surface area contributed by atoms with Gasteiger partial charge in [-0.2, -0.15) is 5.26 Å². The monoisotopic (exact) mass is 284 g/mol. The molecule has 1 heterocycles. The van der Waals surface area contributed by atoms with Crippen LogP contribution in [0.4, 0.5) is 10.2 Å². The number of carbonyl (C=O) groups is 1. The minimum absolute atomic E-state index is 0.165. The highest BCUT2D eigenvalue weighted by molar-refractivity contribution is 5.98. The van der Waals surface area contributed by atoms with Gasteiger partial charge in [-0.3, -0.25) is 4.79 Å². The van der Waals surface area contributed by atoms with Gasteiger partial charge in [0, 0.05) is 25.4 Å². The Kier molecular flexibility index (Phi) is 4.46. The lowest BCUT2D eigenvalue weighted by Crippen LogP contribution is -2.20. The van der Waals surface area contributed by atoms with Crippen molar-refractivity contribution in [3.63, 3.8) is 0 Å². The molecule has 2 rings (SSSR count). The molecule has 0 aliphatic carbocycles. The molecule has 1 aromatic heterocycles. The molecule has 0 fully saturated rings. The second-order valence-electron chi connectivity index (χ2n) is 4.25. The molecule has 6 heteroatoms. The van der Waals surface area contributed by atoms with Gasteiger partial charge in [0.2, 0.25) is 0 Å². The Morgan fingerprint density at radius 2 is 2.24 bits per heavy atom. The van der Waals surface area contributed by atoms with Crippen LogP contribution in [-0.2, 0) is 6.54 Å². The Hall–Kier alpha value is -2.94. The number of anilines is 1. The van der Waals surface area contributed by atoms with E-state index < -0.39 is 5.82 Å². The van der Waals surface area contributed by atoms with Gasteiger partial charge in [0.05, 0.1) is 17.2 Å². The Morgan fingerprint density at radius 3 is 2.90 bits per heavy atom. The standard InChI is InChI=1S/C15H13FN4O/c1-18-15(21)12-3-2-6-19-14(12)20-9-11-5-4-10(8-17)7-13(11)16/h2-7H,9H2,1H3,(H,18,21)(H,19,20). The number of rotatable bonds is 4. The van der Waals surface area contributed by atoms with Crippen LogP contribution in [0.25, 0.3) is 0 Å². The van der Waals surface area contributed by atoms with Gasteiger partial charge in [-0.05, 0) is 24.3 Å². The zero-order chi connectivity index (χ0) is 15.2. The summed E-state index contributed by atoms with van der Waals surface area (Å²) in [5, 5.41) is 14.1. The van der Waals surface area contributed by atoms with Crippen LogP contribution in [0.15, 0.2) is 36.5 Å². The molecule has 0 unspecified atom stereocenters. The third kappa shape index (κ3) is 3.34. The van der Waals surface area contributed by atoms with Crippen molar-refractivity contribution in [3.8, 4) is 6.07 Å². The van der Waals surface area contributed by atoms with Crippen LogP contribution in [0, 0.1) is 17.1 Å². The lowest BCUT2D eigenvalue weighted by molar-refractivity contribution is 0.0963. The first-order valence-electron chi connectivity index (χ1n) is 6.25. The molecule has 21 heavy (non-hydrogen) atoms. The number of halogens is 1. The number of carbonyl (C=O) groups excluding carboxylic acids is 1. The molecule has 0 aliphatic heterocycles. The molecule has 0 aliphatic rings. The second-order valence-corrected chi connectivity index (χ2v) is 4.25. The average molecular weight is 284 g/mol. The maximum Gasteiger partial charge on any atom is 0.254 e. The lowest BCUT2D eigenvalue weighted by atomic mass is 10.1. The molecule has 0 saturated heterocycles. The van der Waals surface area contributed by atoms with Crippen LogP contribution in [0.1, 0.15) is 21.5 Å². The van der Waals surface area contributed by atoms with Crippen LogP contribution in [0.5, 0.6) is 0 Å². The van der Waals surface area contributed by atoms with Crippen molar-refractivity contribution in [2.24, 2.45) is 0 Å². The molecular weight excluding hydrogens is 271 g/mol. The highest BCUT2D eigenvalue weighted by Gasteiger charge is 2.11. The minimum Gasteiger partial charge on any atom is -0.365 e. The quantitative estimate of drug-likeness (QED) is 0.901. The zero-order valence-corrected chi connectivity index (χ0v) is 11.4. The molecule has 2 N–H and O–H groups in total. The fraction of sp³-hybridized carbons (Fsp3) is 0.133. The predicted octanol–water partition coefficient (Wildman–Crippen LogP) is 2.06. The van der Waals surface area contributed by atoms with Gasteiger partial charge in [0.25, 0.3) is 5.91 Å². The van der Waals surface area contributed by atoms with Gasteiger partial charge in [-0.15, -0.1) is 0 Å². The number of hydrogen-bond acceptors (Lipinski definition) is 4. The van der Waals surface area contributed by atoms with E-state index in [1.807, 2.05) is 6.07 Å². The summed E-state index contributed by atoms with van der Waals surface area (Å²) in [7, 11) is 1.53. The molecule has 0 radical (unpaired) electrons. The van der Waals surface area contributed by atoms with Crippen LogP contribution >= 0.6 is 0 Å². The summed E-state index contributed by atoms with van der Waals surface area (Å²) in [4.78, 5) is 15.8.